The number of aromatic nitrogens is 2. The van der Waals surface area contributed by atoms with E-state index in [2.05, 4.69) is 20.6 Å². The number of sulfonamides is 1. The fraction of sp³-hybridized carbons (Fsp3) is 0.100. The molecular weight excluding hydrogens is 425 g/mol. The van der Waals surface area contributed by atoms with Gasteiger partial charge >= 0.3 is 0 Å². The molecule has 0 saturated carbocycles. The molecule has 2 heterocycles. The number of amides is 2. The molecule has 160 valence electrons. The Morgan fingerprint density at radius 2 is 1.84 bits per heavy atom. The average molecular weight is 443 g/mol. The summed E-state index contributed by atoms with van der Waals surface area (Å²) in [4.78, 5) is 32.4. The number of likely N-dealkylation sites (N-methyl/N-ethyl adjacent to an activating group) is 1. The van der Waals surface area contributed by atoms with Crippen LogP contribution >= 0.6 is 0 Å². The lowest BCUT2D eigenvalue weighted by molar-refractivity contribution is -0.116. The highest BCUT2D eigenvalue weighted by Gasteiger charge is 2.23. The van der Waals surface area contributed by atoms with Crippen molar-refractivity contribution in [3.05, 3.63) is 78.6 Å². The smallest absolute Gasteiger partial charge is 0.274 e. The van der Waals surface area contributed by atoms with E-state index in [9.17, 15) is 22.4 Å². The van der Waals surface area contributed by atoms with Gasteiger partial charge in [0.1, 0.15) is 16.4 Å². The standard InChI is InChI=1S/C20H18FN5O4S/c1-26(31(29,30)15-5-4-9-22-12-15)13-19(27)24-18-11-14(21)7-8-16(18)25-20(28)17-6-2-3-10-23-17/h2-12H,13H2,1H3,(H,24,27)(H,25,28). The van der Waals surface area contributed by atoms with E-state index in [1.54, 1.807) is 12.1 Å². The Bertz CT molecular complexity index is 1190. The predicted octanol–water partition coefficient (Wildman–Crippen LogP) is 2.13. The van der Waals surface area contributed by atoms with Crippen LogP contribution in [0.15, 0.2) is 72.0 Å². The van der Waals surface area contributed by atoms with Crippen LogP contribution in [0.1, 0.15) is 10.5 Å². The Hall–Kier alpha value is -3.70. The van der Waals surface area contributed by atoms with Gasteiger partial charge in [0.05, 0.1) is 17.9 Å². The summed E-state index contributed by atoms with van der Waals surface area (Å²) in [5.41, 5.74) is 0.232. The summed E-state index contributed by atoms with van der Waals surface area (Å²) in [6, 6.07) is 11.0. The molecule has 3 aromatic rings. The van der Waals surface area contributed by atoms with Crippen LogP contribution in [0.3, 0.4) is 0 Å². The number of carbonyl (C=O) groups excluding carboxylic acids is 2. The van der Waals surface area contributed by atoms with Crippen LogP contribution in [0, 0.1) is 5.82 Å². The minimum absolute atomic E-state index is 0.0264. The van der Waals surface area contributed by atoms with E-state index in [0.717, 1.165) is 16.4 Å². The number of halogens is 1. The van der Waals surface area contributed by atoms with Gasteiger partial charge in [0.2, 0.25) is 15.9 Å². The van der Waals surface area contributed by atoms with Crippen LogP contribution in [0.5, 0.6) is 0 Å². The number of benzene rings is 1. The fourth-order valence-electron chi connectivity index (χ4n) is 2.57. The molecule has 0 fully saturated rings. The summed E-state index contributed by atoms with van der Waals surface area (Å²) < 4.78 is 39.6. The van der Waals surface area contributed by atoms with E-state index in [1.807, 2.05) is 0 Å². The number of nitrogens with one attached hydrogen (secondary N) is 2. The van der Waals surface area contributed by atoms with Crippen molar-refractivity contribution in [3.8, 4) is 0 Å². The highest BCUT2D eigenvalue weighted by atomic mass is 32.2. The zero-order valence-electron chi connectivity index (χ0n) is 16.3. The molecule has 0 radical (unpaired) electrons. The summed E-state index contributed by atoms with van der Waals surface area (Å²) >= 11 is 0. The van der Waals surface area contributed by atoms with Gasteiger partial charge in [-0.25, -0.2) is 12.8 Å². The normalized spacial score (nSPS) is 11.2. The molecule has 0 unspecified atom stereocenters. The lowest BCUT2D eigenvalue weighted by atomic mass is 10.2. The van der Waals surface area contributed by atoms with Crippen LogP contribution in [0.25, 0.3) is 0 Å². The first-order chi connectivity index (χ1) is 14.8. The number of pyridine rings is 2. The number of hydrogen-bond donors (Lipinski definition) is 2. The third-order valence-electron chi connectivity index (χ3n) is 4.11. The van der Waals surface area contributed by atoms with Crippen molar-refractivity contribution >= 4 is 33.2 Å². The predicted molar refractivity (Wildman–Crippen MR) is 111 cm³/mol. The molecule has 0 spiro atoms. The lowest BCUT2D eigenvalue weighted by Gasteiger charge is -2.18. The Kier molecular flexibility index (Phi) is 6.68. The van der Waals surface area contributed by atoms with Gasteiger partial charge in [0, 0.05) is 25.6 Å². The number of anilines is 2. The van der Waals surface area contributed by atoms with Crippen LogP contribution in [0.4, 0.5) is 15.8 Å². The van der Waals surface area contributed by atoms with Crippen molar-refractivity contribution in [2.24, 2.45) is 0 Å². The van der Waals surface area contributed by atoms with Crippen molar-refractivity contribution in [1.82, 2.24) is 14.3 Å². The second-order valence-corrected chi connectivity index (χ2v) is 8.40. The van der Waals surface area contributed by atoms with E-state index < -0.39 is 34.2 Å². The summed E-state index contributed by atoms with van der Waals surface area (Å²) in [7, 11) is -2.71. The fourth-order valence-corrected chi connectivity index (χ4v) is 3.66. The molecule has 31 heavy (non-hydrogen) atoms. The Morgan fingerprint density at radius 3 is 2.52 bits per heavy atom. The first kappa shape index (κ1) is 22.0. The Morgan fingerprint density at radius 1 is 1.03 bits per heavy atom. The minimum Gasteiger partial charge on any atom is -0.323 e. The summed E-state index contributed by atoms with van der Waals surface area (Å²) in [6.45, 7) is -0.540. The molecule has 0 aliphatic carbocycles. The molecular formula is C20H18FN5O4S. The molecule has 0 saturated heterocycles. The first-order valence-corrected chi connectivity index (χ1v) is 10.4. The first-order valence-electron chi connectivity index (χ1n) is 8.95. The van der Waals surface area contributed by atoms with E-state index in [0.29, 0.717) is 0 Å². The van der Waals surface area contributed by atoms with E-state index in [-0.39, 0.29) is 22.0 Å². The zero-order valence-corrected chi connectivity index (χ0v) is 17.1. The third kappa shape index (κ3) is 5.47. The quantitative estimate of drug-likeness (QED) is 0.577. The van der Waals surface area contributed by atoms with Crippen molar-refractivity contribution in [1.29, 1.82) is 0 Å². The monoisotopic (exact) mass is 443 g/mol. The van der Waals surface area contributed by atoms with Crippen molar-refractivity contribution in [2.45, 2.75) is 4.90 Å². The van der Waals surface area contributed by atoms with Gasteiger partial charge in [-0.2, -0.15) is 4.31 Å². The molecule has 1 aromatic carbocycles. The highest BCUT2D eigenvalue weighted by Crippen LogP contribution is 2.23. The second-order valence-electron chi connectivity index (χ2n) is 6.36. The molecule has 0 aliphatic heterocycles. The van der Waals surface area contributed by atoms with E-state index in [4.69, 9.17) is 0 Å². The van der Waals surface area contributed by atoms with E-state index >= 15 is 0 Å². The molecule has 2 amide bonds. The Labute approximate surface area is 178 Å². The van der Waals surface area contributed by atoms with Crippen molar-refractivity contribution < 1.29 is 22.4 Å². The van der Waals surface area contributed by atoms with Gasteiger partial charge in [-0.15, -0.1) is 0 Å². The molecule has 3 rings (SSSR count). The van der Waals surface area contributed by atoms with Crippen LogP contribution in [-0.2, 0) is 14.8 Å². The van der Waals surface area contributed by atoms with Gasteiger partial charge in [-0.3, -0.25) is 19.6 Å². The van der Waals surface area contributed by atoms with Gasteiger partial charge in [0.15, 0.2) is 0 Å². The number of rotatable bonds is 7. The van der Waals surface area contributed by atoms with E-state index in [1.165, 1.54) is 49.9 Å². The molecule has 0 atom stereocenters. The summed E-state index contributed by atoms with van der Waals surface area (Å²) in [5.74, 6) is -1.93. The largest absolute Gasteiger partial charge is 0.323 e. The summed E-state index contributed by atoms with van der Waals surface area (Å²) in [6.07, 6.45) is 4.04. The van der Waals surface area contributed by atoms with Crippen molar-refractivity contribution in [3.63, 3.8) is 0 Å². The molecule has 0 bridgehead atoms. The highest BCUT2D eigenvalue weighted by molar-refractivity contribution is 7.89. The van der Waals surface area contributed by atoms with Crippen LogP contribution in [0.2, 0.25) is 0 Å². The number of carbonyl (C=O) groups is 2. The van der Waals surface area contributed by atoms with Gasteiger partial charge in [0.25, 0.3) is 5.91 Å². The zero-order chi connectivity index (χ0) is 22.4. The maximum absolute atomic E-state index is 13.7. The van der Waals surface area contributed by atoms with Gasteiger partial charge in [-0.1, -0.05) is 6.07 Å². The minimum atomic E-state index is -3.94. The SMILES string of the molecule is CN(CC(=O)Nc1cc(F)ccc1NC(=O)c1ccccn1)S(=O)(=O)c1cccnc1. The lowest BCUT2D eigenvalue weighted by Crippen LogP contribution is -2.35. The molecule has 2 N–H and O–H groups in total. The maximum Gasteiger partial charge on any atom is 0.274 e. The van der Waals surface area contributed by atoms with Crippen LogP contribution < -0.4 is 10.6 Å². The average Bonchev–Trinajstić information content (AvgIpc) is 2.76. The van der Waals surface area contributed by atoms with Crippen molar-refractivity contribution in [2.75, 3.05) is 24.2 Å². The molecule has 11 heteroatoms. The van der Waals surface area contributed by atoms with Gasteiger partial charge in [-0.05, 0) is 42.5 Å². The summed E-state index contributed by atoms with van der Waals surface area (Å²) in [5, 5.41) is 4.97. The Balaban J connectivity index is 1.74. The number of hydrogen-bond acceptors (Lipinski definition) is 6. The molecule has 2 aromatic heterocycles. The van der Waals surface area contributed by atoms with Gasteiger partial charge < -0.3 is 10.6 Å². The topological polar surface area (TPSA) is 121 Å². The number of nitrogens with zero attached hydrogens (tertiary/aromatic N) is 3. The molecule has 0 aliphatic rings. The molecule has 9 nitrogen and oxygen atoms in total. The maximum atomic E-state index is 13.7. The third-order valence-corrected chi connectivity index (χ3v) is 5.90. The second kappa shape index (κ2) is 9.41. The van der Waals surface area contributed by atoms with Crippen LogP contribution in [-0.4, -0.2) is 48.1 Å².